The topological polar surface area (TPSA) is 161 Å². The summed E-state index contributed by atoms with van der Waals surface area (Å²) in [5.41, 5.74) is 2.83. The summed E-state index contributed by atoms with van der Waals surface area (Å²) in [5.74, 6) is -0.327. The molecule has 14 nitrogen and oxygen atoms in total. The molecular weight excluding hydrogens is 777 g/mol. The van der Waals surface area contributed by atoms with Gasteiger partial charge in [0.05, 0.1) is 18.6 Å². The third kappa shape index (κ3) is 9.53. The van der Waals surface area contributed by atoms with E-state index in [1.165, 1.54) is 4.90 Å². The quantitative estimate of drug-likeness (QED) is 0.186. The average Bonchev–Trinajstić information content (AvgIpc) is 3.87. The summed E-state index contributed by atoms with van der Waals surface area (Å²) in [4.78, 5) is 71.3. The van der Waals surface area contributed by atoms with Crippen LogP contribution >= 0.6 is 0 Å². The molecule has 2 saturated heterocycles. The van der Waals surface area contributed by atoms with Gasteiger partial charge in [-0.15, -0.1) is 10.2 Å². The number of carbonyl (C=O) groups is 5. The molecule has 1 aromatic heterocycles. The summed E-state index contributed by atoms with van der Waals surface area (Å²) in [6.07, 6.45) is 8.11. The second-order valence-electron chi connectivity index (χ2n) is 18.5. The summed E-state index contributed by atoms with van der Waals surface area (Å²) < 4.78 is 16.0. The molecule has 324 valence electrons. The van der Waals surface area contributed by atoms with Crippen LogP contribution in [0, 0.1) is 11.8 Å². The van der Waals surface area contributed by atoms with Gasteiger partial charge in [0.25, 0.3) is 0 Å². The van der Waals surface area contributed by atoms with Gasteiger partial charge in [0.1, 0.15) is 24.5 Å². The second kappa shape index (κ2) is 17.8. The van der Waals surface area contributed by atoms with Crippen LogP contribution < -0.4 is 10.2 Å². The fraction of sp³-hybridized carbons (Fsp3) is 0.553. The number of cyclic esters (lactones) is 2. The second-order valence-corrected chi connectivity index (χ2v) is 18.5. The monoisotopic (exact) mass is 834 g/mol. The van der Waals surface area contributed by atoms with Gasteiger partial charge in [-0.3, -0.25) is 9.59 Å². The molecule has 0 unspecified atom stereocenters. The molecule has 3 aromatic rings. The number of nitrogens with zero attached hydrogens (tertiary/aromatic N) is 5. The molecule has 3 heterocycles. The first-order valence-corrected chi connectivity index (χ1v) is 22.1. The van der Waals surface area contributed by atoms with Crippen LogP contribution in [-0.4, -0.2) is 94.1 Å². The summed E-state index contributed by atoms with van der Waals surface area (Å²) in [7, 11) is 0. The van der Waals surface area contributed by atoms with E-state index in [2.05, 4.69) is 10.4 Å². The van der Waals surface area contributed by atoms with E-state index in [1.807, 2.05) is 81.4 Å². The predicted molar refractivity (Wildman–Crippen MR) is 227 cm³/mol. The predicted octanol–water partition coefficient (Wildman–Crippen LogP) is 8.38. The van der Waals surface area contributed by atoms with Crippen LogP contribution in [0.5, 0.6) is 0 Å². The van der Waals surface area contributed by atoms with Crippen LogP contribution in [0.2, 0.25) is 0 Å². The van der Waals surface area contributed by atoms with Crippen molar-refractivity contribution in [2.24, 2.45) is 11.8 Å². The SMILES string of the molecule is CC(C)(C)OC(=O)NC1(c2ccc(-c3nnc(N(C(=O)CC4CCC(N5CCOC5=O)CC4)C(=O)CC4CCC(N5CCOC5=O)CC4)cc3-c3ccccc3)cc2)CCC1. The molecule has 3 aliphatic carbocycles. The van der Waals surface area contributed by atoms with E-state index in [0.717, 1.165) is 92.9 Å². The molecular formula is C47H58N6O8. The molecule has 2 aromatic carbocycles. The third-order valence-electron chi connectivity index (χ3n) is 13.3. The van der Waals surface area contributed by atoms with Crippen LogP contribution in [-0.2, 0) is 29.3 Å². The Kier molecular flexibility index (Phi) is 12.3. The maximum absolute atomic E-state index is 14.5. The van der Waals surface area contributed by atoms with E-state index in [1.54, 1.807) is 9.80 Å². The van der Waals surface area contributed by atoms with Gasteiger partial charge in [-0.05, 0) is 120 Å². The molecule has 5 amide bonds. The van der Waals surface area contributed by atoms with E-state index >= 15 is 0 Å². The van der Waals surface area contributed by atoms with Crippen molar-refractivity contribution in [3.05, 3.63) is 66.2 Å². The van der Waals surface area contributed by atoms with Crippen LogP contribution in [0.15, 0.2) is 60.7 Å². The van der Waals surface area contributed by atoms with Gasteiger partial charge in [0.15, 0.2) is 5.82 Å². The maximum atomic E-state index is 14.5. The smallest absolute Gasteiger partial charge is 0.410 e. The number of amides is 5. The summed E-state index contributed by atoms with van der Waals surface area (Å²) in [5, 5.41) is 12.5. The molecule has 0 radical (unpaired) electrons. The molecule has 61 heavy (non-hydrogen) atoms. The Bertz CT molecular complexity index is 2030. The number of carbonyl (C=O) groups excluding carboxylic acids is 5. The fourth-order valence-corrected chi connectivity index (χ4v) is 9.87. The minimum Gasteiger partial charge on any atom is -0.448 e. The van der Waals surface area contributed by atoms with Gasteiger partial charge in [-0.25, -0.2) is 19.3 Å². The first-order valence-electron chi connectivity index (χ1n) is 22.1. The molecule has 0 bridgehead atoms. The summed E-state index contributed by atoms with van der Waals surface area (Å²) in [6, 6.07) is 19.8. The third-order valence-corrected chi connectivity index (χ3v) is 13.3. The Morgan fingerprint density at radius 3 is 1.75 bits per heavy atom. The van der Waals surface area contributed by atoms with Gasteiger partial charge >= 0.3 is 18.3 Å². The van der Waals surface area contributed by atoms with Gasteiger partial charge in [-0.2, -0.15) is 0 Å². The van der Waals surface area contributed by atoms with Crippen molar-refractivity contribution in [3.8, 4) is 22.4 Å². The molecule has 2 aliphatic heterocycles. The Morgan fingerprint density at radius 2 is 1.30 bits per heavy atom. The zero-order valence-corrected chi connectivity index (χ0v) is 35.6. The van der Waals surface area contributed by atoms with Gasteiger partial charge in [-0.1, -0.05) is 54.6 Å². The summed E-state index contributed by atoms with van der Waals surface area (Å²) >= 11 is 0. The number of hydrogen-bond donors (Lipinski definition) is 1. The Morgan fingerprint density at radius 1 is 0.754 bits per heavy atom. The van der Waals surface area contributed by atoms with Crippen molar-refractivity contribution in [2.75, 3.05) is 31.2 Å². The van der Waals surface area contributed by atoms with E-state index in [-0.39, 0.29) is 66.6 Å². The number of ether oxygens (including phenoxy) is 3. The van der Waals surface area contributed by atoms with Crippen LogP contribution in [0.1, 0.15) is 110 Å². The van der Waals surface area contributed by atoms with Crippen molar-refractivity contribution < 1.29 is 38.2 Å². The highest BCUT2D eigenvalue weighted by Crippen LogP contribution is 2.43. The van der Waals surface area contributed by atoms with Crippen LogP contribution in [0.3, 0.4) is 0 Å². The molecule has 3 saturated carbocycles. The number of nitrogens with one attached hydrogen (secondary N) is 1. The van der Waals surface area contributed by atoms with E-state index in [4.69, 9.17) is 19.3 Å². The average molecular weight is 835 g/mol. The molecule has 0 spiro atoms. The Labute approximate surface area is 357 Å². The largest absolute Gasteiger partial charge is 0.448 e. The number of alkyl carbamates (subject to hydrolysis) is 1. The van der Waals surface area contributed by atoms with Crippen molar-refractivity contribution in [3.63, 3.8) is 0 Å². The van der Waals surface area contributed by atoms with E-state index < -0.39 is 17.2 Å². The van der Waals surface area contributed by atoms with Gasteiger partial charge < -0.3 is 29.3 Å². The minimum atomic E-state index is -0.612. The number of benzene rings is 2. The molecule has 14 heteroatoms. The normalized spacial score (nSPS) is 23.7. The molecule has 0 atom stereocenters. The highest BCUT2D eigenvalue weighted by Gasteiger charge is 2.42. The zero-order chi connectivity index (χ0) is 42.7. The van der Waals surface area contributed by atoms with Crippen molar-refractivity contribution in [2.45, 2.75) is 127 Å². The molecule has 8 rings (SSSR count). The number of rotatable bonds is 11. The van der Waals surface area contributed by atoms with E-state index in [0.29, 0.717) is 32.0 Å². The molecule has 5 aliphatic rings. The van der Waals surface area contributed by atoms with Crippen molar-refractivity contribution in [1.82, 2.24) is 25.3 Å². The lowest BCUT2D eigenvalue weighted by atomic mass is 9.71. The standard InChI is InChI=1S/C47H58N6O8/c1-46(2,3)61-43(56)48-47(22-7-23-47)35-16-14-34(15-17-35)42-38(33-8-5-4-6-9-33)30-39(49-50-42)53(40(54)28-31-10-18-36(19-11-31)51-24-26-59-44(51)57)41(55)29-32-12-20-37(21-13-32)52-25-27-60-45(52)58/h4-6,8-9,14-17,30-32,36-37H,7,10-13,18-29H2,1-3H3,(H,48,56). The molecule has 5 fully saturated rings. The first-order chi connectivity index (χ1) is 29.4. The number of hydrogen-bond acceptors (Lipinski definition) is 10. The number of aromatic nitrogens is 2. The Balaban J connectivity index is 1.05. The summed E-state index contributed by atoms with van der Waals surface area (Å²) in [6.45, 7) is 7.54. The minimum absolute atomic E-state index is 0.0523. The van der Waals surface area contributed by atoms with Gasteiger partial charge in [0, 0.05) is 36.1 Å². The van der Waals surface area contributed by atoms with Crippen LogP contribution in [0.4, 0.5) is 20.2 Å². The lowest BCUT2D eigenvalue weighted by molar-refractivity contribution is -0.128. The van der Waals surface area contributed by atoms with Crippen molar-refractivity contribution >= 4 is 35.9 Å². The van der Waals surface area contributed by atoms with Gasteiger partial charge in [0.2, 0.25) is 11.8 Å². The highest BCUT2D eigenvalue weighted by molar-refractivity contribution is 6.14. The fourth-order valence-electron chi connectivity index (χ4n) is 9.87. The Hall–Kier alpha value is -5.53. The maximum Gasteiger partial charge on any atom is 0.410 e. The van der Waals surface area contributed by atoms with Crippen molar-refractivity contribution in [1.29, 1.82) is 0 Å². The number of anilines is 1. The van der Waals surface area contributed by atoms with Crippen LogP contribution in [0.25, 0.3) is 22.4 Å². The molecule has 1 N–H and O–H groups in total. The zero-order valence-electron chi connectivity index (χ0n) is 35.6. The van der Waals surface area contributed by atoms with E-state index in [9.17, 15) is 24.0 Å². The first kappa shape index (κ1) is 42.2. The lowest BCUT2D eigenvalue weighted by Gasteiger charge is -2.43. The number of imide groups is 1. The lowest BCUT2D eigenvalue weighted by Crippen LogP contribution is -2.52. The highest BCUT2D eigenvalue weighted by atomic mass is 16.6.